The number of benzene rings is 1. The molecule has 39 heavy (non-hydrogen) atoms. The Labute approximate surface area is 228 Å². The smallest absolute Gasteiger partial charge is 0.393 e. The first-order valence-electron chi connectivity index (χ1n) is 11.4. The number of aliphatic hydroxyl groups is 1. The van der Waals surface area contributed by atoms with Gasteiger partial charge in [-0.05, 0) is 44.0 Å². The van der Waals surface area contributed by atoms with Crippen molar-refractivity contribution in [1.29, 1.82) is 0 Å². The van der Waals surface area contributed by atoms with Crippen molar-refractivity contribution in [2.45, 2.75) is 47.9 Å². The Bertz CT molecular complexity index is 1510. The summed E-state index contributed by atoms with van der Waals surface area (Å²) in [5.41, 5.74) is -0.834. The number of aromatic nitrogens is 2. The summed E-state index contributed by atoms with van der Waals surface area (Å²) in [7, 11) is -6.12. The molecule has 210 valence electrons. The largest absolute Gasteiger partial charge is 0.416 e. The molecule has 1 aliphatic rings. The van der Waals surface area contributed by atoms with Gasteiger partial charge in [0, 0.05) is 27.9 Å². The number of ketones is 1. The lowest BCUT2D eigenvalue weighted by Gasteiger charge is -2.15. The van der Waals surface area contributed by atoms with E-state index in [9.17, 15) is 35.7 Å². The zero-order chi connectivity index (χ0) is 28.5. The molecule has 0 saturated heterocycles. The number of hydrogen-bond acceptors (Lipinski definition) is 10. The van der Waals surface area contributed by atoms with E-state index in [1.165, 1.54) is 30.7 Å². The summed E-state index contributed by atoms with van der Waals surface area (Å²) in [5, 5.41) is 18.2. The molecule has 0 radical (unpaired) electrons. The highest BCUT2D eigenvalue weighted by atomic mass is 32.2. The number of alkyl halides is 3. The van der Waals surface area contributed by atoms with Crippen LogP contribution < -0.4 is 10.5 Å². The third-order valence-electron chi connectivity index (χ3n) is 6.07. The number of nitrogens with two attached hydrogens (primary N) is 1. The summed E-state index contributed by atoms with van der Waals surface area (Å²) < 4.78 is 79.2. The quantitative estimate of drug-likeness (QED) is 0.312. The summed E-state index contributed by atoms with van der Waals surface area (Å²) in [6.45, 7) is 1.32. The molecule has 0 aliphatic heterocycles. The number of rotatable bonds is 9. The average molecular weight is 605 g/mol. The lowest BCUT2D eigenvalue weighted by molar-refractivity contribution is -0.137. The molecule has 1 saturated carbocycles. The fraction of sp³-hybridized carbons (Fsp3) is 0.348. The molecular weight excluding hydrogens is 581 g/mol. The highest BCUT2D eigenvalue weighted by Gasteiger charge is 2.35. The van der Waals surface area contributed by atoms with Crippen LogP contribution in [0.15, 0.2) is 52.6 Å². The van der Waals surface area contributed by atoms with Gasteiger partial charge in [-0.2, -0.15) is 21.6 Å². The molecule has 4 N–H and O–H groups in total. The minimum Gasteiger partial charge on any atom is -0.393 e. The van der Waals surface area contributed by atoms with Crippen molar-refractivity contribution in [2.75, 3.05) is 11.9 Å². The van der Waals surface area contributed by atoms with E-state index in [0.29, 0.717) is 11.3 Å². The number of carbonyl (C=O) groups is 1. The van der Waals surface area contributed by atoms with Crippen molar-refractivity contribution in [3.8, 4) is 0 Å². The van der Waals surface area contributed by atoms with E-state index in [1.807, 2.05) is 0 Å². The van der Waals surface area contributed by atoms with E-state index in [4.69, 9.17) is 5.14 Å². The number of carbonyl (C=O) groups excluding carboxylic acids is 1. The van der Waals surface area contributed by atoms with Crippen molar-refractivity contribution < 1.29 is 39.9 Å². The molecular formula is C23H23F3N4O6S3. The molecule has 16 heteroatoms. The fourth-order valence-corrected chi connectivity index (χ4v) is 7.03. The maximum atomic E-state index is 13.4. The van der Waals surface area contributed by atoms with Gasteiger partial charge in [0.15, 0.2) is 0 Å². The van der Waals surface area contributed by atoms with Crippen LogP contribution in [0.1, 0.15) is 38.5 Å². The first kappa shape index (κ1) is 29.2. The predicted octanol–water partition coefficient (Wildman–Crippen LogP) is 3.03. The van der Waals surface area contributed by atoms with E-state index in [-0.39, 0.29) is 45.1 Å². The van der Waals surface area contributed by atoms with Crippen LogP contribution in [0.4, 0.5) is 19.0 Å². The fourth-order valence-electron chi connectivity index (χ4n) is 4.19. The second-order valence-corrected chi connectivity index (χ2v) is 12.8. The van der Waals surface area contributed by atoms with Crippen molar-refractivity contribution in [1.82, 2.24) is 9.97 Å². The molecule has 1 aliphatic carbocycles. The van der Waals surface area contributed by atoms with Gasteiger partial charge in [-0.25, -0.2) is 19.3 Å². The van der Waals surface area contributed by atoms with Gasteiger partial charge in [-0.3, -0.25) is 8.98 Å². The number of aliphatic hydroxyl groups excluding tert-OH is 1. The minimum absolute atomic E-state index is 0.0455. The lowest BCUT2D eigenvalue weighted by Crippen LogP contribution is -2.24. The Morgan fingerprint density at radius 1 is 1.31 bits per heavy atom. The normalized spacial score (nSPS) is 20.6. The molecule has 0 spiro atoms. The molecule has 0 amide bonds. The van der Waals surface area contributed by atoms with Crippen LogP contribution in [-0.2, 0) is 31.5 Å². The van der Waals surface area contributed by atoms with Crippen molar-refractivity contribution >= 4 is 44.0 Å². The number of thiophene rings is 1. The van der Waals surface area contributed by atoms with Crippen LogP contribution >= 0.6 is 11.3 Å². The van der Waals surface area contributed by atoms with Gasteiger partial charge >= 0.3 is 16.5 Å². The second-order valence-electron chi connectivity index (χ2n) is 8.86. The maximum Gasteiger partial charge on any atom is 0.416 e. The Kier molecular flexibility index (Phi) is 8.53. The number of hydrogen-bond donors (Lipinski definition) is 3. The van der Waals surface area contributed by atoms with E-state index in [0.717, 1.165) is 23.5 Å². The van der Waals surface area contributed by atoms with Crippen LogP contribution in [0.3, 0.4) is 0 Å². The zero-order valence-corrected chi connectivity index (χ0v) is 22.7. The first-order chi connectivity index (χ1) is 18.2. The van der Waals surface area contributed by atoms with E-state index >= 15 is 0 Å². The topological polar surface area (TPSA) is 162 Å². The average Bonchev–Trinajstić information content (AvgIpc) is 3.43. The first-order valence-corrected chi connectivity index (χ1v) is 14.8. The van der Waals surface area contributed by atoms with Crippen LogP contribution in [0.2, 0.25) is 0 Å². The van der Waals surface area contributed by atoms with Gasteiger partial charge in [0.2, 0.25) is 5.78 Å². The Morgan fingerprint density at radius 3 is 2.74 bits per heavy atom. The maximum absolute atomic E-state index is 13.4. The van der Waals surface area contributed by atoms with E-state index in [2.05, 4.69) is 19.5 Å². The Morgan fingerprint density at radius 2 is 2.05 bits per heavy atom. The Balaban J connectivity index is 1.53. The molecule has 1 fully saturated rings. The number of anilines is 1. The van der Waals surface area contributed by atoms with Crippen molar-refractivity contribution in [2.24, 2.45) is 11.1 Å². The third kappa shape index (κ3) is 7.06. The van der Waals surface area contributed by atoms with E-state index in [1.54, 1.807) is 6.92 Å². The molecule has 2 aromatic heterocycles. The predicted molar refractivity (Wildman–Crippen MR) is 136 cm³/mol. The molecule has 0 bridgehead atoms. The number of aryl methyl sites for hydroxylation is 1. The monoisotopic (exact) mass is 604 g/mol. The van der Waals surface area contributed by atoms with Crippen LogP contribution in [-0.4, -0.2) is 52.2 Å². The highest BCUT2D eigenvalue weighted by molar-refractivity contribution is 7.85. The van der Waals surface area contributed by atoms with Crippen LogP contribution in [0.5, 0.6) is 0 Å². The zero-order valence-electron chi connectivity index (χ0n) is 20.2. The summed E-state index contributed by atoms with van der Waals surface area (Å²) in [5.74, 6) is -0.840. The molecule has 4 rings (SSSR count). The standard InChI is InChI=1S/C23H23F3N4O6S3/c1-12-20(38(33)16-4-2-3-14(6-16)23(24,25)26)8-19(37-12)21(32)17-9-28-11-29-22(17)30-15-5-13(18(31)7-15)10-36-39(27,34)35/h2-4,6,8-9,11,13,15,18,31H,5,7,10H2,1H3,(H2,27,34,35)(H,28,29,30)/t13-,15-,18+,38?/m1/s1. The van der Waals surface area contributed by atoms with Gasteiger partial charge in [-0.1, -0.05) is 6.07 Å². The van der Waals surface area contributed by atoms with Gasteiger partial charge in [0.1, 0.15) is 12.1 Å². The van der Waals surface area contributed by atoms with Gasteiger partial charge in [-0.15, -0.1) is 11.3 Å². The minimum atomic E-state index is -4.59. The number of nitrogens with one attached hydrogen (secondary N) is 1. The van der Waals surface area contributed by atoms with Crippen molar-refractivity contribution in [3.05, 3.63) is 63.7 Å². The molecule has 3 aromatic rings. The molecule has 10 nitrogen and oxygen atoms in total. The van der Waals surface area contributed by atoms with Crippen LogP contribution in [0.25, 0.3) is 0 Å². The number of halogens is 3. The Hall–Kier alpha value is -2.76. The van der Waals surface area contributed by atoms with Gasteiger partial charge < -0.3 is 10.4 Å². The molecule has 4 atom stereocenters. The summed E-state index contributed by atoms with van der Waals surface area (Å²) >= 11 is 1.04. The molecule has 1 unspecified atom stereocenters. The molecule has 2 heterocycles. The highest BCUT2D eigenvalue weighted by Crippen LogP contribution is 2.34. The SMILES string of the molecule is Cc1sc(C(=O)c2cncnc2N[C@@H]2C[C@H](COS(N)(=O)=O)[C@@H](O)C2)cc1S(=O)c1cccc(C(F)(F)F)c1. The van der Waals surface area contributed by atoms with Gasteiger partial charge in [0.05, 0.1) is 44.4 Å². The molecule has 1 aromatic carbocycles. The second kappa shape index (κ2) is 11.4. The van der Waals surface area contributed by atoms with E-state index < -0.39 is 50.6 Å². The number of nitrogens with zero attached hydrogens (tertiary/aromatic N) is 2. The third-order valence-corrected chi connectivity index (χ3v) is 9.22. The lowest BCUT2D eigenvalue weighted by atomic mass is 10.1. The van der Waals surface area contributed by atoms with Crippen LogP contribution in [0, 0.1) is 12.8 Å². The summed E-state index contributed by atoms with van der Waals surface area (Å²) in [4.78, 5) is 22.3. The van der Waals surface area contributed by atoms with Gasteiger partial charge in [0.25, 0.3) is 0 Å². The van der Waals surface area contributed by atoms with Crippen molar-refractivity contribution in [3.63, 3.8) is 0 Å². The summed E-state index contributed by atoms with van der Waals surface area (Å²) in [6, 6.07) is 5.22. The summed E-state index contributed by atoms with van der Waals surface area (Å²) in [6.07, 6.45) is -2.41.